The maximum absolute atomic E-state index is 2.49. The summed E-state index contributed by atoms with van der Waals surface area (Å²) >= 11 is -1.91. The Morgan fingerprint density at radius 3 is 2.00 bits per heavy atom. The Labute approximate surface area is 158 Å². The molecule has 5 rings (SSSR count). The van der Waals surface area contributed by atoms with Crippen molar-refractivity contribution in [2.45, 2.75) is 42.2 Å². The third-order valence-corrected chi connectivity index (χ3v) is 14.7. The molecule has 1 heteroatoms. The van der Waals surface area contributed by atoms with Crippen LogP contribution in [-0.2, 0) is 21.3 Å². The Kier molecular flexibility index (Phi) is 4.30. The van der Waals surface area contributed by atoms with E-state index in [-0.39, 0.29) is 0 Å². The van der Waals surface area contributed by atoms with Crippen LogP contribution in [0.2, 0.25) is 0 Å². The molecule has 0 atom stereocenters. The number of fused-ring (bicyclic) bond motifs is 3. The van der Waals surface area contributed by atoms with Gasteiger partial charge in [0.15, 0.2) is 0 Å². The molecule has 1 fully saturated rings. The van der Waals surface area contributed by atoms with Gasteiger partial charge >= 0.3 is 159 Å². The molecule has 2 aromatic carbocycles. The summed E-state index contributed by atoms with van der Waals surface area (Å²) in [5, 5.41) is 0. The van der Waals surface area contributed by atoms with Gasteiger partial charge in [-0.25, -0.2) is 0 Å². The molecule has 0 radical (unpaired) electrons. The number of benzene rings is 2. The Bertz CT molecular complexity index is 860. The molecule has 0 aromatic heterocycles. The van der Waals surface area contributed by atoms with Gasteiger partial charge in [-0.15, -0.1) is 0 Å². The van der Waals surface area contributed by atoms with Crippen molar-refractivity contribution in [2.24, 2.45) is 0 Å². The molecule has 0 nitrogen and oxygen atoms in total. The van der Waals surface area contributed by atoms with Crippen LogP contribution < -0.4 is 0 Å². The van der Waals surface area contributed by atoms with E-state index in [1.807, 2.05) is 6.49 Å². The molecular weight excluding hydrogens is 379 g/mol. The quantitative estimate of drug-likeness (QED) is 0.548. The van der Waals surface area contributed by atoms with Crippen LogP contribution in [0.1, 0.15) is 53.3 Å². The minimum atomic E-state index is -1.91. The Hall–Kier alpha value is -1.33. The third-order valence-electron chi connectivity index (χ3n) is 6.08. The number of rotatable bonds is 2. The van der Waals surface area contributed by atoms with Gasteiger partial charge in [-0.05, 0) is 0 Å². The first kappa shape index (κ1) is 15.9. The molecule has 0 heterocycles. The Morgan fingerprint density at radius 1 is 0.760 bits per heavy atom. The minimum absolute atomic E-state index is 0.703. The fourth-order valence-electron chi connectivity index (χ4n) is 4.98. The van der Waals surface area contributed by atoms with E-state index < -0.39 is 21.3 Å². The van der Waals surface area contributed by atoms with Gasteiger partial charge in [0.25, 0.3) is 0 Å². The molecule has 0 unspecified atom stereocenters. The second-order valence-electron chi connectivity index (χ2n) is 7.51. The summed E-state index contributed by atoms with van der Waals surface area (Å²) in [5.41, 5.74) is 6.27. The summed E-state index contributed by atoms with van der Waals surface area (Å²) in [6, 6.07) is 18.5. The first-order chi connectivity index (χ1) is 12.4. The first-order valence-corrected chi connectivity index (χ1v) is 13.6. The summed E-state index contributed by atoms with van der Waals surface area (Å²) in [6.45, 7) is 0. The van der Waals surface area contributed by atoms with Crippen LogP contribution in [0, 0.1) is 0 Å². The fraction of sp³-hybridized carbons (Fsp3) is 0.292. The molecule has 3 aliphatic carbocycles. The van der Waals surface area contributed by atoms with Crippen LogP contribution in [-0.4, -0.2) is 3.21 Å². The molecule has 0 saturated heterocycles. The molecule has 2 aromatic rings. The van der Waals surface area contributed by atoms with Crippen molar-refractivity contribution < 1.29 is 21.3 Å². The van der Waals surface area contributed by atoms with E-state index in [0.29, 0.717) is 3.63 Å². The summed E-state index contributed by atoms with van der Waals surface area (Å²) in [7, 11) is 0. The van der Waals surface area contributed by atoms with Gasteiger partial charge in [0, 0.05) is 0 Å². The molecule has 0 aliphatic heterocycles. The topological polar surface area (TPSA) is 0 Å². The van der Waals surface area contributed by atoms with Crippen LogP contribution in [0.3, 0.4) is 0 Å². The van der Waals surface area contributed by atoms with Crippen molar-refractivity contribution in [3.63, 3.8) is 0 Å². The molecule has 0 spiro atoms. The molecule has 0 bridgehead atoms. The van der Waals surface area contributed by atoms with Crippen molar-refractivity contribution >= 4 is 3.21 Å². The van der Waals surface area contributed by atoms with Crippen LogP contribution in [0.5, 0.6) is 0 Å². The Balaban J connectivity index is 1.74. The van der Waals surface area contributed by atoms with Gasteiger partial charge in [0.05, 0.1) is 0 Å². The Morgan fingerprint density at radius 2 is 1.40 bits per heavy atom. The van der Waals surface area contributed by atoms with Gasteiger partial charge in [-0.1, -0.05) is 0 Å². The molecule has 1 saturated carbocycles. The first-order valence-electron chi connectivity index (χ1n) is 9.69. The second kappa shape index (κ2) is 6.77. The summed E-state index contributed by atoms with van der Waals surface area (Å²) < 4.78 is 4.53. The zero-order chi connectivity index (χ0) is 16.6. The van der Waals surface area contributed by atoms with E-state index in [0.717, 1.165) is 0 Å². The van der Waals surface area contributed by atoms with Crippen molar-refractivity contribution in [2.75, 3.05) is 0 Å². The van der Waals surface area contributed by atoms with Gasteiger partial charge in [-0.3, -0.25) is 0 Å². The summed E-state index contributed by atoms with van der Waals surface area (Å²) in [6.07, 6.45) is 15.5. The van der Waals surface area contributed by atoms with E-state index in [1.54, 1.807) is 11.1 Å². The average Bonchev–Trinajstić information content (AvgIpc) is 3.31. The van der Waals surface area contributed by atoms with Crippen molar-refractivity contribution in [1.82, 2.24) is 0 Å². The zero-order valence-corrected chi connectivity index (χ0v) is 17.1. The molecular formula is C24H24Zr. The van der Waals surface area contributed by atoms with E-state index >= 15 is 0 Å². The van der Waals surface area contributed by atoms with E-state index in [4.69, 9.17) is 0 Å². The second-order valence-corrected chi connectivity index (χ2v) is 14.3. The van der Waals surface area contributed by atoms with Crippen LogP contribution >= 0.6 is 0 Å². The molecule has 0 amide bonds. The van der Waals surface area contributed by atoms with E-state index in [1.165, 1.54) is 49.7 Å². The van der Waals surface area contributed by atoms with Crippen LogP contribution in [0.15, 0.2) is 70.0 Å². The SMILES string of the molecule is C1=CC[C]([Zr](=[C]2CCCCC2)[CH]2c3ccccc3-c3ccccc32)=C1. The normalized spacial score (nSPS) is 18.9. The van der Waals surface area contributed by atoms with Gasteiger partial charge in [0.2, 0.25) is 0 Å². The number of hydrogen-bond donors (Lipinski definition) is 0. The number of allylic oxidation sites excluding steroid dienone is 4. The van der Waals surface area contributed by atoms with Crippen LogP contribution in [0.4, 0.5) is 0 Å². The summed E-state index contributed by atoms with van der Waals surface area (Å²) in [4.78, 5) is 0. The monoisotopic (exact) mass is 402 g/mol. The molecule has 25 heavy (non-hydrogen) atoms. The third kappa shape index (κ3) is 2.72. The fourth-order valence-corrected chi connectivity index (χ4v) is 14.5. The zero-order valence-electron chi connectivity index (χ0n) is 14.7. The van der Waals surface area contributed by atoms with Crippen molar-refractivity contribution in [1.29, 1.82) is 0 Å². The van der Waals surface area contributed by atoms with Gasteiger partial charge < -0.3 is 0 Å². The predicted molar refractivity (Wildman–Crippen MR) is 104 cm³/mol. The van der Waals surface area contributed by atoms with Gasteiger partial charge in [0.1, 0.15) is 0 Å². The van der Waals surface area contributed by atoms with Crippen molar-refractivity contribution in [3.05, 3.63) is 81.2 Å². The molecule has 0 N–H and O–H groups in total. The summed E-state index contributed by atoms with van der Waals surface area (Å²) in [5.74, 6) is 0. The van der Waals surface area contributed by atoms with Crippen LogP contribution in [0.25, 0.3) is 11.1 Å². The molecule has 3 aliphatic rings. The number of hydrogen-bond acceptors (Lipinski definition) is 0. The van der Waals surface area contributed by atoms with Gasteiger partial charge in [-0.2, -0.15) is 0 Å². The maximum atomic E-state index is 2.49. The molecule has 124 valence electrons. The van der Waals surface area contributed by atoms with Crippen molar-refractivity contribution in [3.8, 4) is 11.1 Å². The van der Waals surface area contributed by atoms with E-state index in [2.05, 4.69) is 66.8 Å². The van der Waals surface area contributed by atoms with E-state index in [9.17, 15) is 0 Å². The predicted octanol–water partition coefficient (Wildman–Crippen LogP) is 6.35. The average molecular weight is 404 g/mol. The standard InChI is InChI=1S/C13H9.C6H10.C5H5.Zr/c1-3-7-12-10(5-1)9-11-6-2-4-8-13(11)12;1-2-4-6-5-3-1;1-2-4-5-3-1;/h1-9H;1-5H2;1-3H,4H2;.